The summed E-state index contributed by atoms with van der Waals surface area (Å²) in [5.41, 5.74) is 0.149. The lowest BCUT2D eigenvalue weighted by atomic mass is 10.1. The summed E-state index contributed by atoms with van der Waals surface area (Å²) in [7, 11) is 1.68. The van der Waals surface area contributed by atoms with Crippen LogP contribution in [0.15, 0.2) is 30.3 Å². The third-order valence-corrected chi connectivity index (χ3v) is 3.73. The largest absolute Gasteiger partial charge is 0.459 e. The quantitative estimate of drug-likeness (QED) is 0.617. The summed E-state index contributed by atoms with van der Waals surface area (Å²) in [6.07, 6.45) is 0. The number of benzene rings is 1. The number of nitrogens with zero attached hydrogens (tertiary/aromatic N) is 1. The van der Waals surface area contributed by atoms with Gasteiger partial charge in [-0.3, -0.25) is 4.90 Å². The molecule has 4 heteroatoms. The minimum atomic E-state index is -0.549. The molecule has 116 valence electrons. The van der Waals surface area contributed by atoms with Gasteiger partial charge in [0.25, 0.3) is 0 Å². The number of carbonyl (C=O) groups is 1. The lowest BCUT2D eigenvalue weighted by Crippen LogP contribution is -2.36. The SMILES string of the molecule is COC[C@@H](c1ccccc1)N1C[C@]1(C)C(=O)OC(C)(C)C. The molecule has 21 heavy (non-hydrogen) atoms. The molecule has 2 rings (SSSR count). The molecule has 1 saturated heterocycles. The van der Waals surface area contributed by atoms with Crippen molar-refractivity contribution in [3.63, 3.8) is 0 Å². The highest BCUT2D eigenvalue weighted by atomic mass is 16.6. The number of esters is 1. The molecule has 1 aromatic rings. The van der Waals surface area contributed by atoms with Gasteiger partial charge in [0.1, 0.15) is 11.1 Å². The molecule has 3 atom stereocenters. The van der Waals surface area contributed by atoms with E-state index in [1.165, 1.54) is 0 Å². The van der Waals surface area contributed by atoms with Crippen molar-refractivity contribution in [1.29, 1.82) is 0 Å². The maximum absolute atomic E-state index is 12.4. The van der Waals surface area contributed by atoms with Crippen LogP contribution in [0.5, 0.6) is 0 Å². The van der Waals surface area contributed by atoms with E-state index in [1.807, 2.05) is 45.9 Å². The molecule has 0 spiro atoms. The van der Waals surface area contributed by atoms with Crippen molar-refractivity contribution in [1.82, 2.24) is 4.90 Å². The second-order valence-corrected chi connectivity index (χ2v) is 6.79. The number of hydrogen-bond donors (Lipinski definition) is 0. The van der Waals surface area contributed by atoms with E-state index < -0.39 is 11.1 Å². The molecule has 1 aliphatic heterocycles. The molecule has 0 aromatic heterocycles. The molecular weight excluding hydrogens is 266 g/mol. The predicted molar refractivity (Wildman–Crippen MR) is 82.0 cm³/mol. The van der Waals surface area contributed by atoms with Gasteiger partial charge in [-0.1, -0.05) is 30.3 Å². The molecule has 0 amide bonds. The van der Waals surface area contributed by atoms with Crippen LogP contribution in [0.25, 0.3) is 0 Å². The molecule has 0 bridgehead atoms. The van der Waals surface area contributed by atoms with E-state index in [-0.39, 0.29) is 12.0 Å². The third kappa shape index (κ3) is 3.63. The van der Waals surface area contributed by atoms with Gasteiger partial charge in [-0.25, -0.2) is 4.79 Å². The lowest BCUT2D eigenvalue weighted by molar-refractivity contribution is -0.159. The van der Waals surface area contributed by atoms with Crippen molar-refractivity contribution < 1.29 is 14.3 Å². The third-order valence-electron chi connectivity index (χ3n) is 3.73. The zero-order valence-electron chi connectivity index (χ0n) is 13.6. The molecule has 1 unspecified atom stereocenters. The summed E-state index contributed by atoms with van der Waals surface area (Å²) in [6, 6.07) is 10.2. The summed E-state index contributed by atoms with van der Waals surface area (Å²) >= 11 is 0. The monoisotopic (exact) mass is 291 g/mol. The fourth-order valence-corrected chi connectivity index (χ4v) is 2.52. The molecule has 0 radical (unpaired) electrons. The van der Waals surface area contributed by atoms with Gasteiger partial charge in [0.2, 0.25) is 0 Å². The van der Waals surface area contributed by atoms with E-state index in [0.717, 1.165) is 5.56 Å². The molecule has 0 N–H and O–H groups in total. The van der Waals surface area contributed by atoms with E-state index in [1.54, 1.807) is 7.11 Å². The average molecular weight is 291 g/mol. The molecule has 0 saturated carbocycles. The fraction of sp³-hybridized carbons (Fsp3) is 0.588. The Morgan fingerprint density at radius 3 is 2.48 bits per heavy atom. The second-order valence-electron chi connectivity index (χ2n) is 6.79. The molecule has 1 heterocycles. The zero-order chi connectivity index (χ0) is 15.7. The predicted octanol–water partition coefficient (Wildman–Crippen LogP) is 2.79. The van der Waals surface area contributed by atoms with Gasteiger partial charge < -0.3 is 9.47 Å². The molecule has 1 fully saturated rings. The molecule has 4 nitrogen and oxygen atoms in total. The van der Waals surface area contributed by atoms with E-state index in [4.69, 9.17) is 9.47 Å². The summed E-state index contributed by atoms with van der Waals surface area (Å²) in [5, 5.41) is 0. The van der Waals surface area contributed by atoms with E-state index in [0.29, 0.717) is 13.2 Å². The molecule has 1 aromatic carbocycles. The van der Waals surface area contributed by atoms with Gasteiger partial charge >= 0.3 is 5.97 Å². The van der Waals surface area contributed by atoms with Crippen LogP contribution in [0.2, 0.25) is 0 Å². The number of rotatable bonds is 5. The van der Waals surface area contributed by atoms with Crippen LogP contribution in [-0.4, -0.2) is 42.3 Å². The Labute approximate surface area is 127 Å². The van der Waals surface area contributed by atoms with E-state index in [9.17, 15) is 4.79 Å². The van der Waals surface area contributed by atoms with Crippen molar-refractivity contribution in [2.24, 2.45) is 0 Å². The first kappa shape index (κ1) is 16.0. The van der Waals surface area contributed by atoms with Crippen LogP contribution in [0.1, 0.15) is 39.3 Å². The van der Waals surface area contributed by atoms with Crippen LogP contribution in [0.3, 0.4) is 0 Å². The van der Waals surface area contributed by atoms with Crippen LogP contribution in [-0.2, 0) is 14.3 Å². The molecular formula is C17H25NO3. The highest BCUT2D eigenvalue weighted by molar-refractivity contribution is 5.84. The minimum Gasteiger partial charge on any atom is -0.459 e. The maximum Gasteiger partial charge on any atom is 0.328 e. The molecule has 0 aliphatic carbocycles. The first-order chi connectivity index (χ1) is 9.78. The molecule has 1 aliphatic rings. The topological polar surface area (TPSA) is 38.5 Å². The summed E-state index contributed by atoms with van der Waals surface area (Å²) in [6.45, 7) is 8.88. The Kier molecular flexibility index (Phi) is 4.40. The van der Waals surface area contributed by atoms with E-state index >= 15 is 0 Å². The van der Waals surface area contributed by atoms with Crippen LogP contribution in [0.4, 0.5) is 0 Å². The van der Waals surface area contributed by atoms with Gasteiger partial charge in [-0.15, -0.1) is 0 Å². The lowest BCUT2D eigenvalue weighted by Gasteiger charge is -2.25. The smallest absolute Gasteiger partial charge is 0.328 e. The summed E-state index contributed by atoms with van der Waals surface area (Å²) in [4.78, 5) is 14.5. The average Bonchev–Trinajstić information content (AvgIpc) is 3.08. The Hall–Kier alpha value is -1.39. The van der Waals surface area contributed by atoms with Gasteiger partial charge in [0.15, 0.2) is 0 Å². The Bertz CT molecular complexity index is 495. The number of methoxy groups -OCH3 is 1. The first-order valence-electron chi connectivity index (χ1n) is 7.32. The first-order valence-corrected chi connectivity index (χ1v) is 7.32. The number of ether oxygens (including phenoxy) is 2. The van der Waals surface area contributed by atoms with Crippen LogP contribution >= 0.6 is 0 Å². The number of carbonyl (C=O) groups excluding carboxylic acids is 1. The highest BCUT2D eigenvalue weighted by Gasteiger charge is 2.59. The van der Waals surface area contributed by atoms with Gasteiger partial charge in [0.05, 0.1) is 12.6 Å². The highest BCUT2D eigenvalue weighted by Crippen LogP contribution is 2.42. The Balaban J connectivity index is 2.13. The van der Waals surface area contributed by atoms with Crippen molar-refractivity contribution in [3.8, 4) is 0 Å². The second kappa shape index (κ2) is 5.78. The van der Waals surface area contributed by atoms with Crippen molar-refractivity contribution in [2.45, 2.75) is 44.9 Å². The van der Waals surface area contributed by atoms with Gasteiger partial charge in [-0.05, 0) is 33.3 Å². The van der Waals surface area contributed by atoms with Crippen LogP contribution < -0.4 is 0 Å². The standard InChI is InChI=1S/C17H25NO3/c1-16(2,3)21-15(19)17(4)12-18(17)14(11-20-5)13-9-7-6-8-10-13/h6-10,14H,11-12H2,1-5H3/t14-,17+,18?/m0/s1. The Morgan fingerprint density at radius 1 is 1.33 bits per heavy atom. The number of hydrogen-bond acceptors (Lipinski definition) is 4. The van der Waals surface area contributed by atoms with Crippen LogP contribution in [0, 0.1) is 0 Å². The Morgan fingerprint density at radius 2 is 1.95 bits per heavy atom. The fourth-order valence-electron chi connectivity index (χ4n) is 2.52. The maximum atomic E-state index is 12.4. The summed E-state index contributed by atoms with van der Waals surface area (Å²) < 4.78 is 10.9. The van der Waals surface area contributed by atoms with Crippen molar-refractivity contribution >= 4 is 5.97 Å². The van der Waals surface area contributed by atoms with E-state index in [2.05, 4.69) is 17.0 Å². The van der Waals surface area contributed by atoms with Crippen molar-refractivity contribution in [2.75, 3.05) is 20.3 Å². The van der Waals surface area contributed by atoms with Gasteiger partial charge in [-0.2, -0.15) is 0 Å². The summed E-state index contributed by atoms with van der Waals surface area (Å²) in [5.74, 6) is -0.160. The normalized spacial score (nSPS) is 26.2. The van der Waals surface area contributed by atoms with Crippen molar-refractivity contribution in [3.05, 3.63) is 35.9 Å². The van der Waals surface area contributed by atoms with Gasteiger partial charge in [0, 0.05) is 13.7 Å². The minimum absolute atomic E-state index is 0.0775. The zero-order valence-corrected chi connectivity index (χ0v) is 13.6.